The Morgan fingerprint density at radius 1 is 1.07 bits per heavy atom. The van der Waals surface area contributed by atoms with Gasteiger partial charge in [-0.15, -0.1) is 0 Å². The largest absolute Gasteiger partial charge is 0.493 e. The number of nitrogens with one attached hydrogen (secondary N) is 2. The van der Waals surface area contributed by atoms with Gasteiger partial charge in [-0.1, -0.05) is 41.9 Å². The smallest absolute Gasteiger partial charge is 0.335 e. The summed E-state index contributed by atoms with van der Waals surface area (Å²) in [5.41, 5.74) is 3.29. The van der Waals surface area contributed by atoms with Crippen LogP contribution in [0.3, 0.4) is 0 Å². The fraction of sp³-hybridized carbons (Fsp3) is 0.105. The van der Waals surface area contributed by atoms with Crippen molar-refractivity contribution in [3.63, 3.8) is 0 Å². The van der Waals surface area contributed by atoms with Crippen LogP contribution in [0.5, 0.6) is 5.88 Å². The Labute approximate surface area is 158 Å². The van der Waals surface area contributed by atoms with Crippen molar-refractivity contribution in [2.45, 2.75) is 12.5 Å². The van der Waals surface area contributed by atoms with Gasteiger partial charge in [0.05, 0.1) is 17.4 Å². The summed E-state index contributed by atoms with van der Waals surface area (Å²) in [5.74, 6) is -0.458. The van der Waals surface area contributed by atoms with E-state index in [4.69, 9.17) is 11.6 Å². The van der Waals surface area contributed by atoms with Crippen LogP contribution >= 0.6 is 11.6 Å². The van der Waals surface area contributed by atoms with E-state index in [1.807, 2.05) is 30.3 Å². The molecule has 27 heavy (non-hydrogen) atoms. The molecule has 0 saturated heterocycles. The first-order valence-electron chi connectivity index (χ1n) is 8.26. The zero-order valence-corrected chi connectivity index (χ0v) is 14.8. The van der Waals surface area contributed by atoms with E-state index < -0.39 is 17.1 Å². The number of rotatable bonds is 3. The summed E-state index contributed by atoms with van der Waals surface area (Å²) in [6.45, 7) is 0. The van der Waals surface area contributed by atoms with Crippen molar-refractivity contribution >= 4 is 17.3 Å². The van der Waals surface area contributed by atoms with Crippen LogP contribution in [0.2, 0.25) is 5.02 Å². The third-order valence-electron chi connectivity index (χ3n) is 4.41. The first-order valence-corrected chi connectivity index (χ1v) is 8.64. The van der Waals surface area contributed by atoms with E-state index in [1.165, 1.54) is 0 Å². The zero-order chi connectivity index (χ0) is 19.0. The monoisotopic (exact) mass is 382 g/mol. The van der Waals surface area contributed by atoms with Gasteiger partial charge in [0, 0.05) is 11.4 Å². The van der Waals surface area contributed by atoms with Gasteiger partial charge in [0.15, 0.2) is 0 Å². The first kappa shape index (κ1) is 17.1. The highest BCUT2D eigenvalue weighted by Gasteiger charge is 2.27. The van der Waals surface area contributed by atoms with Gasteiger partial charge >= 0.3 is 5.69 Å². The minimum Gasteiger partial charge on any atom is -0.493 e. The molecule has 7 nitrogen and oxygen atoms in total. The summed E-state index contributed by atoms with van der Waals surface area (Å²) in [4.78, 5) is 26.9. The third-order valence-corrected chi connectivity index (χ3v) is 4.67. The van der Waals surface area contributed by atoms with Gasteiger partial charge in [0.2, 0.25) is 5.88 Å². The molecule has 0 aliphatic carbocycles. The lowest BCUT2D eigenvalue weighted by atomic mass is 10.00. The molecule has 136 valence electrons. The lowest BCUT2D eigenvalue weighted by molar-refractivity contribution is 0.429. The van der Waals surface area contributed by atoms with Gasteiger partial charge in [-0.05, 0) is 29.8 Å². The molecule has 1 aromatic heterocycles. The van der Waals surface area contributed by atoms with E-state index in [0.717, 1.165) is 10.1 Å². The topological polar surface area (TPSA) is 99.5 Å². The van der Waals surface area contributed by atoms with Gasteiger partial charge in [-0.3, -0.25) is 9.78 Å². The molecule has 0 amide bonds. The van der Waals surface area contributed by atoms with Crippen LogP contribution in [0.15, 0.2) is 69.3 Å². The van der Waals surface area contributed by atoms with Crippen LogP contribution in [0.4, 0.5) is 0 Å². The molecule has 1 atom stereocenters. The maximum atomic E-state index is 12.4. The molecule has 2 heterocycles. The van der Waals surface area contributed by atoms with E-state index in [-0.39, 0.29) is 11.6 Å². The molecular weight excluding hydrogens is 368 g/mol. The number of hydrogen-bond donors (Lipinski definition) is 3. The van der Waals surface area contributed by atoms with Crippen molar-refractivity contribution in [3.05, 3.63) is 91.6 Å². The molecule has 0 bridgehead atoms. The number of aromatic nitrogens is 2. The van der Waals surface area contributed by atoms with Gasteiger partial charge in [-0.25, -0.2) is 9.36 Å². The number of nitrogens with zero attached hydrogens (tertiary/aromatic N) is 2. The molecule has 1 aliphatic heterocycles. The number of H-pyrrole nitrogens is 1. The van der Waals surface area contributed by atoms with Crippen molar-refractivity contribution in [1.29, 1.82) is 0 Å². The molecule has 8 heteroatoms. The zero-order valence-electron chi connectivity index (χ0n) is 14.0. The summed E-state index contributed by atoms with van der Waals surface area (Å²) >= 11 is 5.88. The number of aromatic amines is 1. The Kier molecular flexibility index (Phi) is 4.29. The number of aromatic hydroxyl groups is 1. The first-order chi connectivity index (χ1) is 13.0. The number of hydrogen-bond acceptors (Lipinski definition) is 5. The predicted molar refractivity (Wildman–Crippen MR) is 103 cm³/mol. The molecule has 0 spiro atoms. The highest BCUT2D eigenvalue weighted by molar-refractivity contribution is 6.30. The van der Waals surface area contributed by atoms with E-state index >= 15 is 0 Å². The number of hydrazone groups is 1. The van der Waals surface area contributed by atoms with Crippen LogP contribution in [0.25, 0.3) is 5.69 Å². The van der Waals surface area contributed by atoms with E-state index in [2.05, 4.69) is 15.5 Å². The van der Waals surface area contributed by atoms with Crippen LogP contribution in [-0.2, 0) is 0 Å². The molecular formula is C19H15ClN4O3. The second kappa shape index (κ2) is 6.77. The summed E-state index contributed by atoms with van der Waals surface area (Å²) in [7, 11) is 0. The highest BCUT2D eigenvalue weighted by atomic mass is 35.5. The Bertz CT molecular complexity index is 1130. The minimum absolute atomic E-state index is 0.0320. The van der Waals surface area contributed by atoms with Crippen LogP contribution in [-0.4, -0.2) is 20.4 Å². The standard InChI is InChI=1S/C19H15ClN4O3/c20-12-6-8-13(9-7-12)24-18(26)16(17(25)21-19(24)27)15-10-14(22-23-15)11-4-2-1-3-5-11/h1-9,14,22,26H,10H2,(H,21,25,27)/t14-/m1/s1. The molecule has 3 N–H and O–H groups in total. The fourth-order valence-electron chi connectivity index (χ4n) is 3.09. The van der Waals surface area contributed by atoms with E-state index in [9.17, 15) is 14.7 Å². The van der Waals surface area contributed by atoms with Crippen molar-refractivity contribution in [2.75, 3.05) is 0 Å². The number of halogens is 1. The van der Waals surface area contributed by atoms with Gasteiger partial charge in [0.1, 0.15) is 5.56 Å². The maximum Gasteiger partial charge on any atom is 0.335 e. The molecule has 0 fully saturated rings. The van der Waals surface area contributed by atoms with Crippen LogP contribution in [0, 0.1) is 0 Å². The van der Waals surface area contributed by atoms with Crippen molar-refractivity contribution in [2.24, 2.45) is 5.10 Å². The molecule has 1 aliphatic rings. The molecule has 0 unspecified atom stereocenters. The van der Waals surface area contributed by atoms with Crippen molar-refractivity contribution < 1.29 is 5.11 Å². The average molecular weight is 383 g/mol. The predicted octanol–water partition coefficient (Wildman–Crippen LogP) is 2.32. The Balaban J connectivity index is 1.76. The summed E-state index contributed by atoms with van der Waals surface area (Å²) in [6.07, 6.45) is 0.402. The summed E-state index contributed by atoms with van der Waals surface area (Å²) in [6, 6.07) is 15.9. The molecule has 0 radical (unpaired) electrons. The quantitative estimate of drug-likeness (QED) is 0.647. The molecule has 4 rings (SSSR count). The van der Waals surface area contributed by atoms with Crippen molar-refractivity contribution in [3.8, 4) is 11.6 Å². The molecule has 2 aromatic carbocycles. The van der Waals surface area contributed by atoms with Crippen molar-refractivity contribution in [1.82, 2.24) is 15.0 Å². The van der Waals surface area contributed by atoms with Gasteiger partial charge < -0.3 is 10.5 Å². The van der Waals surface area contributed by atoms with E-state index in [0.29, 0.717) is 22.8 Å². The summed E-state index contributed by atoms with van der Waals surface area (Å²) < 4.78 is 1.02. The fourth-order valence-corrected chi connectivity index (χ4v) is 3.22. The molecule has 3 aromatic rings. The minimum atomic E-state index is -0.741. The van der Waals surface area contributed by atoms with Crippen LogP contribution < -0.4 is 16.7 Å². The Hall–Kier alpha value is -3.32. The van der Waals surface area contributed by atoms with Gasteiger partial charge in [-0.2, -0.15) is 5.10 Å². The van der Waals surface area contributed by atoms with Gasteiger partial charge in [0.25, 0.3) is 5.56 Å². The van der Waals surface area contributed by atoms with E-state index in [1.54, 1.807) is 24.3 Å². The maximum absolute atomic E-state index is 12.4. The SMILES string of the molecule is O=c1[nH]c(=O)n(-c2ccc(Cl)cc2)c(O)c1C1=NN[C@@H](c2ccccc2)C1. The lowest BCUT2D eigenvalue weighted by Gasteiger charge is -2.12. The number of benzene rings is 2. The highest BCUT2D eigenvalue weighted by Crippen LogP contribution is 2.27. The third kappa shape index (κ3) is 3.13. The molecule has 0 saturated carbocycles. The lowest BCUT2D eigenvalue weighted by Crippen LogP contribution is -2.33. The Morgan fingerprint density at radius 2 is 1.78 bits per heavy atom. The Morgan fingerprint density at radius 3 is 2.48 bits per heavy atom. The second-order valence-electron chi connectivity index (χ2n) is 6.12. The normalized spacial score (nSPS) is 16.0. The summed E-state index contributed by atoms with van der Waals surface area (Å²) in [5, 5.41) is 15.4. The second-order valence-corrected chi connectivity index (χ2v) is 6.56. The average Bonchev–Trinajstić information content (AvgIpc) is 3.13. The van der Waals surface area contributed by atoms with Crippen LogP contribution in [0.1, 0.15) is 23.6 Å².